The third-order valence-electron chi connectivity index (χ3n) is 4.75. The Morgan fingerprint density at radius 2 is 1.85 bits per heavy atom. The molecule has 0 bridgehead atoms. The van der Waals surface area contributed by atoms with Crippen molar-refractivity contribution in [1.82, 2.24) is 15.0 Å². The first kappa shape index (κ1) is 19.4. The van der Waals surface area contributed by atoms with Crippen LogP contribution in [-0.4, -0.2) is 66.9 Å². The Hall–Kier alpha value is -2.38. The molecule has 1 saturated heterocycles. The molecule has 3 rings (SSSR count). The van der Waals surface area contributed by atoms with Crippen molar-refractivity contribution >= 4 is 5.91 Å². The maximum atomic E-state index is 12.3. The van der Waals surface area contributed by atoms with E-state index < -0.39 is 0 Å². The number of hydrogen-bond acceptors (Lipinski definition) is 6. The number of benzene rings is 1. The van der Waals surface area contributed by atoms with Crippen LogP contribution in [0, 0.1) is 13.8 Å². The van der Waals surface area contributed by atoms with Crippen molar-refractivity contribution in [2.24, 2.45) is 0 Å². The number of para-hydroxylation sites is 1. The number of hydrogen-bond donors (Lipinski definition) is 0. The molecular weight excluding hydrogens is 346 g/mol. The molecule has 1 aliphatic heterocycles. The first-order valence-corrected chi connectivity index (χ1v) is 9.31. The van der Waals surface area contributed by atoms with Gasteiger partial charge < -0.3 is 18.9 Å². The largest absolute Gasteiger partial charge is 0.491 e. The number of carbonyl (C=O) groups excluding carboxylic acids is 1. The van der Waals surface area contributed by atoms with E-state index in [-0.39, 0.29) is 12.5 Å². The van der Waals surface area contributed by atoms with Crippen LogP contribution in [0.3, 0.4) is 0 Å². The highest BCUT2D eigenvalue weighted by Crippen LogP contribution is 2.16. The third-order valence-corrected chi connectivity index (χ3v) is 4.75. The smallest absolute Gasteiger partial charge is 0.248 e. The topological polar surface area (TPSA) is 68.0 Å². The maximum Gasteiger partial charge on any atom is 0.248 e. The van der Waals surface area contributed by atoms with Crippen LogP contribution in [0.5, 0.6) is 5.75 Å². The van der Waals surface area contributed by atoms with E-state index in [1.165, 1.54) is 0 Å². The third kappa shape index (κ3) is 5.55. The van der Waals surface area contributed by atoms with Gasteiger partial charge in [-0.3, -0.25) is 9.69 Å². The predicted octanol–water partition coefficient (Wildman–Crippen LogP) is 2.03. The second-order valence-electron chi connectivity index (χ2n) is 6.67. The van der Waals surface area contributed by atoms with Gasteiger partial charge in [0.1, 0.15) is 24.7 Å². The molecule has 7 nitrogen and oxygen atoms in total. The van der Waals surface area contributed by atoms with Crippen LogP contribution in [0.4, 0.5) is 0 Å². The Morgan fingerprint density at radius 1 is 1.11 bits per heavy atom. The van der Waals surface area contributed by atoms with Crippen molar-refractivity contribution in [2.75, 3.05) is 46.0 Å². The van der Waals surface area contributed by atoms with Crippen LogP contribution >= 0.6 is 0 Å². The van der Waals surface area contributed by atoms with Crippen molar-refractivity contribution in [1.29, 1.82) is 0 Å². The molecule has 1 amide bonds. The fourth-order valence-electron chi connectivity index (χ4n) is 3.09. The summed E-state index contributed by atoms with van der Waals surface area (Å²) in [5.74, 6) is 1.71. The number of piperazine rings is 1. The van der Waals surface area contributed by atoms with E-state index in [1.54, 1.807) is 0 Å². The lowest BCUT2D eigenvalue weighted by molar-refractivity contribution is -0.138. The number of carbonyl (C=O) groups is 1. The zero-order chi connectivity index (χ0) is 19.1. The lowest BCUT2D eigenvalue weighted by Crippen LogP contribution is -2.49. The van der Waals surface area contributed by atoms with Crippen LogP contribution in [0.2, 0.25) is 0 Å². The lowest BCUT2D eigenvalue weighted by atomic mass is 10.2. The molecule has 1 fully saturated rings. The molecule has 0 saturated carbocycles. The minimum Gasteiger partial charge on any atom is -0.491 e. The Balaban J connectivity index is 1.31. The van der Waals surface area contributed by atoms with Gasteiger partial charge in [-0.2, -0.15) is 0 Å². The van der Waals surface area contributed by atoms with Gasteiger partial charge >= 0.3 is 0 Å². The van der Waals surface area contributed by atoms with Gasteiger partial charge in [-0.1, -0.05) is 23.4 Å². The number of aryl methyl sites for hydroxylation is 2. The molecule has 2 aromatic rings. The molecular formula is C20H27N3O4. The summed E-state index contributed by atoms with van der Waals surface area (Å²) in [5.41, 5.74) is 2.09. The van der Waals surface area contributed by atoms with E-state index >= 15 is 0 Å². The zero-order valence-electron chi connectivity index (χ0n) is 16.0. The predicted molar refractivity (Wildman–Crippen MR) is 101 cm³/mol. The van der Waals surface area contributed by atoms with Crippen LogP contribution < -0.4 is 4.74 Å². The molecule has 0 spiro atoms. The molecule has 27 heavy (non-hydrogen) atoms. The van der Waals surface area contributed by atoms with Gasteiger partial charge in [0.2, 0.25) is 5.91 Å². The van der Waals surface area contributed by atoms with E-state index in [2.05, 4.69) is 10.1 Å². The van der Waals surface area contributed by atoms with Crippen molar-refractivity contribution in [3.63, 3.8) is 0 Å². The number of ether oxygens (including phenoxy) is 2. The van der Waals surface area contributed by atoms with E-state index in [0.717, 1.165) is 42.4 Å². The molecule has 7 heteroatoms. The Bertz CT molecular complexity index is 705. The van der Waals surface area contributed by atoms with Crippen LogP contribution in [0.25, 0.3) is 0 Å². The average molecular weight is 373 g/mol. The van der Waals surface area contributed by atoms with Crippen molar-refractivity contribution in [2.45, 2.75) is 20.4 Å². The molecule has 1 aromatic carbocycles. The normalized spacial score (nSPS) is 15.1. The first-order chi connectivity index (χ1) is 13.1. The van der Waals surface area contributed by atoms with Crippen LogP contribution in [0.1, 0.15) is 17.0 Å². The SMILES string of the molecule is Cc1noc(C)c1CN1CCN(C(=O)COCCOc2ccccc2)CC1. The monoisotopic (exact) mass is 373 g/mol. The van der Waals surface area contributed by atoms with Gasteiger partial charge in [0.25, 0.3) is 0 Å². The zero-order valence-corrected chi connectivity index (χ0v) is 16.0. The molecule has 2 heterocycles. The second kappa shape index (κ2) is 9.53. The van der Waals surface area contributed by atoms with E-state index in [4.69, 9.17) is 14.0 Å². The van der Waals surface area contributed by atoms with Gasteiger partial charge in [-0.15, -0.1) is 0 Å². The van der Waals surface area contributed by atoms with Gasteiger partial charge in [-0.05, 0) is 26.0 Å². The minimum absolute atomic E-state index is 0.0340. The summed E-state index contributed by atoms with van der Waals surface area (Å²) in [5, 5.41) is 4.00. The van der Waals surface area contributed by atoms with Gasteiger partial charge in [0.05, 0.1) is 12.3 Å². The lowest BCUT2D eigenvalue weighted by Gasteiger charge is -2.34. The number of amides is 1. The molecule has 0 radical (unpaired) electrons. The van der Waals surface area contributed by atoms with E-state index in [0.29, 0.717) is 26.3 Å². The first-order valence-electron chi connectivity index (χ1n) is 9.31. The van der Waals surface area contributed by atoms with Gasteiger partial charge in [-0.25, -0.2) is 0 Å². The molecule has 0 atom stereocenters. The Morgan fingerprint density at radius 3 is 2.52 bits per heavy atom. The van der Waals surface area contributed by atoms with Crippen LogP contribution in [0.15, 0.2) is 34.9 Å². The van der Waals surface area contributed by atoms with Crippen LogP contribution in [-0.2, 0) is 16.1 Å². The van der Waals surface area contributed by atoms with E-state index in [9.17, 15) is 4.79 Å². The maximum absolute atomic E-state index is 12.3. The van der Waals surface area contributed by atoms with Crippen molar-refractivity contribution in [3.8, 4) is 5.75 Å². The van der Waals surface area contributed by atoms with Crippen molar-refractivity contribution in [3.05, 3.63) is 47.3 Å². The summed E-state index contributed by atoms with van der Waals surface area (Å²) >= 11 is 0. The fraction of sp³-hybridized carbons (Fsp3) is 0.500. The highest BCUT2D eigenvalue weighted by atomic mass is 16.5. The highest BCUT2D eigenvalue weighted by Gasteiger charge is 2.22. The Labute approximate surface area is 159 Å². The summed E-state index contributed by atoms with van der Waals surface area (Å²) in [6.07, 6.45) is 0. The van der Waals surface area contributed by atoms with Gasteiger partial charge in [0, 0.05) is 38.3 Å². The average Bonchev–Trinajstić information content (AvgIpc) is 3.01. The quantitative estimate of drug-likeness (QED) is 0.660. The van der Waals surface area contributed by atoms with E-state index in [1.807, 2.05) is 49.1 Å². The molecule has 0 unspecified atom stereocenters. The van der Waals surface area contributed by atoms with Gasteiger partial charge in [0.15, 0.2) is 0 Å². The number of nitrogens with zero attached hydrogens (tertiary/aromatic N) is 3. The molecule has 146 valence electrons. The highest BCUT2D eigenvalue weighted by molar-refractivity contribution is 5.77. The summed E-state index contributed by atoms with van der Waals surface area (Å²) in [6, 6.07) is 9.58. The summed E-state index contributed by atoms with van der Waals surface area (Å²) in [4.78, 5) is 16.5. The minimum atomic E-state index is 0.0340. The van der Waals surface area contributed by atoms with Crippen molar-refractivity contribution < 1.29 is 18.8 Å². The summed E-state index contributed by atoms with van der Waals surface area (Å²) < 4.78 is 16.2. The number of aromatic nitrogens is 1. The summed E-state index contributed by atoms with van der Waals surface area (Å²) in [7, 11) is 0. The Kier molecular flexibility index (Phi) is 6.84. The molecule has 0 aliphatic carbocycles. The molecule has 1 aromatic heterocycles. The standard InChI is InChI=1S/C20H27N3O4/c1-16-19(17(2)27-21-16)14-22-8-10-23(11-9-22)20(24)15-25-12-13-26-18-6-4-3-5-7-18/h3-7H,8-15H2,1-2H3. The molecule has 0 N–H and O–H groups in total. The summed E-state index contributed by atoms with van der Waals surface area (Å²) in [6.45, 7) is 8.75. The fourth-order valence-corrected chi connectivity index (χ4v) is 3.09. The number of rotatable bonds is 8. The molecule has 1 aliphatic rings. The second-order valence-corrected chi connectivity index (χ2v) is 6.67.